The van der Waals surface area contributed by atoms with Crippen molar-refractivity contribution in [2.45, 2.75) is 26.3 Å². The van der Waals surface area contributed by atoms with Crippen molar-refractivity contribution in [3.63, 3.8) is 0 Å². The number of amides is 1. The summed E-state index contributed by atoms with van der Waals surface area (Å²) in [6.07, 6.45) is 1.35. The molecule has 1 rings (SSSR count). The number of carbonyl (C=O) groups excluding carboxylic acids is 1. The lowest BCUT2D eigenvalue weighted by Gasteiger charge is -2.28. The van der Waals surface area contributed by atoms with Gasteiger partial charge in [0.2, 0.25) is 15.9 Å². The van der Waals surface area contributed by atoms with Crippen molar-refractivity contribution in [1.29, 1.82) is 0 Å². The van der Waals surface area contributed by atoms with Gasteiger partial charge in [-0.2, -0.15) is 0 Å². The van der Waals surface area contributed by atoms with E-state index in [0.29, 0.717) is 24.5 Å². The monoisotopic (exact) mass is 300 g/mol. The van der Waals surface area contributed by atoms with Gasteiger partial charge in [0.15, 0.2) is 0 Å². The molecule has 2 N–H and O–H groups in total. The molecule has 7 heteroatoms. The first-order chi connectivity index (χ1) is 9.31. The molecule has 0 fully saturated rings. The van der Waals surface area contributed by atoms with E-state index >= 15 is 0 Å². The molecule has 1 aromatic carbocycles. The lowest BCUT2D eigenvalue weighted by molar-refractivity contribution is -0.119. The van der Waals surface area contributed by atoms with Crippen LogP contribution in [0, 0.1) is 0 Å². The van der Waals surface area contributed by atoms with E-state index in [2.05, 4.69) is 0 Å². The summed E-state index contributed by atoms with van der Waals surface area (Å²) >= 11 is 0. The first kappa shape index (κ1) is 16.3. The number of benzene rings is 1. The highest BCUT2D eigenvalue weighted by molar-refractivity contribution is 7.92. The van der Waals surface area contributed by atoms with Crippen molar-refractivity contribution in [2.75, 3.05) is 17.2 Å². The summed E-state index contributed by atoms with van der Waals surface area (Å²) in [5.41, 5.74) is 5.68. The summed E-state index contributed by atoms with van der Waals surface area (Å²) < 4.78 is 30.2. The lowest BCUT2D eigenvalue weighted by Crippen LogP contribution is -2.47. The second-order valence-electron chi connectivity index (χ2n) is 4.31. The number of rotatable bonds is 7. The van der Waals surface area contributed by atoms with Crippen LogP contribution in [-0.2, 0) is 14.8 Å². The fourth-order valence-electron chi connectivity index (χ4n) is 1.94. The van der Waals surface area contributed by atoms with Gasteiger partial charge in [-0.1, -0.05) is 6.92 Å². The predicted octanol–water partition coefficient (Wildman–Crippen LogP) is 1.12. The molecule has 0 radical (unpaired) electrons. The molecule has 1 unspecified atom stereocenters. The quantitative estimate of drug-likeness (QED) is 0.817. The highest BCUT2D eigenvalue weighted by Gasteiger charge is 2.29. The van der Waals surface area contributed by atoms with Gasteiger partial charge in [0.25, 0.3) is 0 Å². The van der Waals surface area contributed by atoms with Crippen LogP contribution in [0.3, 0.4) is 0 Å². The summed E-state index contributed by atoms with van der Waals surface area (Å²) in [4.78, 5) is 11.5. The third kappa shape index (κ3) is 3.86. The van der Waals surface area contributed by atoms with Gasteiger partial charge in [0, 0.05) is 0 Å². The first-order valence-corrected chi connectivity index (χ1v) is 8.17. The molecule has 0 aromatic heterocycles. The molecule has 6 nitrogen and oxygen atoms in total. The molecular weight excluding hydrogens is 280 g/mol. The molecule has 0 aliphatic heterocycles. The zero-order chi connectivity index (χ0) is 15.3. The third-order valence-electron chi connectivity index (χ3n) is 2.76. The largest absolute Gasteiger partial charge is 0.494 e. The maximum absolute atomic E-state index is 11.9. The Morgan fingerprint density at radius 2 is 1.85 bits per heavy atom. The predicted molar refractivity (Wildman–Crippen MR) is 78.2 cm³/mol. The molecule has 0 saturated heterocycles. The molecule has 1 aromatic rings. The number of anilines is 1. The molecular formula is C13H20N2O4S. The Morgan fingerprint density at radius 3 is 2.20 bits per heavy atom. The summed E-state index contributed by atoms with van der Waals surface area (Å²) in [6.45, 7) is 4.09. The molecule has 0 saturated carbocycles. The lowest BCUT2D eigenvalue weighted by atomic mass is 10.2. The van der Waals surface area contributed by atoms with Gasteiger partial charge in [0.05, 0.1) is 18.6 Å². The van der Waals surface area contributed by atoms with Crippen LogP contribution >= 0.6 is 0 Å². The Labute approximate surface area is 119 Å². The summed E-state index contributed by atoms with van der Waals surface area (Å²) in [5.74, 6) is -0.0383. The zero-order valence-corrected chi connectivity index (χ0v) is 12.7. The van der Waals surface area contributed by atoms with E-state index in [1.54, 1.807) is 31.2 Å². The van der Waals surface area contributed by atoms with Crippen LogP contribution < -0.4 is 14.8 Å². The molecule has 0 aliphatic rings. The number of primary amides is 1. The van der Waals surface area contributed by atoms with Gasteiger partial charge in [-0.25, -0.2) is 8.42 Å². The minimum atomic E-state index is -3.61. The van der Waals surface area contributed by atoms with Crippen LogP contribution in [0.15, 0.2) is 24.3 Å². The second-order valence-corrected chi connectivity index (χ2v) is 6.17. The summed E-state index contributed by atoms with van der Waals surface area (Å²) in [6, 6.07) is 5.60. The Bertz CT molecular complexity index is 554. The topological polar surface area (TPSA) is 89.7 Å². The van der Waals surface area contributed by atoms with Crippen LogP contribution in [0.25, 0.3) is 0 Å². The number of sulfonamides is 1. The van der Waals surface area contributed by atoms with Crippen LogP contribution in [-0.4, -0.2) is 33.2 Å². The summed E-state index contributed by atoms with van der Waals surface area (Å²) in [7, 11) is -3.61. The maximum Gasteiger partial charge on any atom is 0.241 e. The first-order valence-electron chi connectivity index (χ1n) is 6.32. The van der Waals surface area contributed by atoms with E-state index in [4.69, 9.17) is 10.5 Å². The van der Waals surface area contributed by atoms with Crippen molar-refractivity contribution in [3.8, 4) is 5.75 Å². The van der Waals surface area contributed by atoms with Crippen LogP contribution in [0.2, 0.25) is 0 Å². The number of hydrogen-bond donors (Lipinski definition) is 1. The SMILES string of the molecule is CCOc1ccc(N(C(CC)C(N)=O)S(C)(=O)=O)cc1. The Kier molecular flexibility index (Phi) is 5.38. The third-order valence-corrected chi connectivity index (χ3v) is 3.94. The average Bonchev–Trinajstić information content (AvgIpc) is 2.35. The average molecular weight is 300 g/mol. The normalized spacial score (nSPS) is 12.8. The second kappa shape index (κ2) is 6.60. The zero-order valence-electron chi connectivity index (χ0n) is 11.9. The minimum Gasteiger partial charge on any atom is -0.494 e. The van der Waals surface area contributed by atoms with E-state index in [1.807, 2.05) is 6.92 Å². The van der Waals surface area contributed by atoms with Gasteiger partial charge in [-0.15, -0.1) is 0 Å². The highest BCUT2D eigenvalue weighted by atomic mass is 32.2. The smallest absolute Gasteiger partial charge is 0.241 e. The standard InChI is InChI=1S/C13H20N2O4S/c1-4-12(13(14)16)15(20(3,17)18)10-6-8-11(9-7-10)19-5-2/h6-9,12H,4-5H2,1-3H3,(H2,14,16). The highest BCUT2D eigenvalue weighted by Crippen LogP contribution is 2.24. The van der Waals surface area contributed by atoms with Crippen molar-refractivity contribution in [1.82, 2.24) is 0 Å². The number of ether oxygens (including phenoxy) is 1. The molecule has 0 aliphatic carbocycles. The molecule has 0 bridgehead atoms. The van der Waals surface area contributed by atoms with Crippen molar-refractivity contribution in [3.05, 3.63) is 24.3 Å². The number of carbonyl (C=O) groups is 1. The van der Waals surface area contributed by atoms with E-state index < -0.39 is 22.0 Å². The van der Waals surface area contributed by atoms with Gasteiger partial charge in [0.1, 0.15) is 11.8 Å². The fourth-order valence-corrected chi connectivity index (χ4v) is 3.16. The molecule has 112 valence electrons. The van der Waals surface area contributed by atoms with Crippen molar-refractivity contribution in [2.24, 2.45) is 5.73 Å². The molecule has 1 amide bonds. The molecule has 0 spiro atoms. The number of nitrogens with two attached hydrogens (primary N) is 1. The van der Waals surface area contributed by atoms with Gasteiger partial charge >= 0.3 is 0 Å². The van der Waals surface area contributed by atoms with E-state index in [0.717, 1.165) is 10.6 Å². The van der Waals surface area contributed by atoms with E-state index in [-0.39, 0.29) is 0 Å². The van der Waals surface area contributed by atoms with Crippen LogP contribution in [0.1, 0.15) is 20.3 Å². The Balaban J connectivity index is 3.21. The maximum atomic E-state index is 11.9. The van der Waals surface area contributed by atoms with Crippen LogP contribution in [0.5, 0.6) is 5.75 Å². The minimum absolute atomic E-state index is 0.301. The molecule has 0 heterocycles. The van der Waals surface area contributed by atoms with Gasteiger partial charge in [-0.3, -0.25) is 9.10 Å². The Morgan fingerprint density at radius 1 is 1.30 bits per heavy atom. The van der Waals surface area contributed by atoms with E-state index in [1.165, 1.54) is 0 Å². The van der Waals surface area contributed by atoms with Crippen LogP contribution in [0.4, 0.5) is 5.69 Å². The Hall–Kier alpha value is -1.76. The molecule has 20 heavy (non-hydrogen) atoms. The van der Waals surface area contributed by atoms with Crippen molar-refractivity contribution < 1.29 is 17.9 Å². The van der Waals surface area contributed by atoms with Gasteiger partial charge < -0.3 is 10.5 Å². The van der Waals surface area contributed by atoms with E-state index in [9.17, 15) is 13.2 Å². The summed E-state index contributed by atoms with van der Waals surface area (Å²) in [5, 5.41) is 0. The van der Waals surface area contributed by atoms with Crippen molar-refractivity contribution >= 4 is 21.6 Å². The fraction of sp³-hybridized carbons (Fsp3) is 0.462. The van der Waals surface area contributed by atoms with Gasteiger partial charge in [-0.05, 0) is 37.6 Å². The number of nitrogens with zero attached hydrogens (tertiary/aromatic N) is 1. The number of hydrogen-bond acceptors (Lipinski definition) is 4. The molecule has 1 atom stereocenters.